The van der Waals surface area contributed by atoms with E-state index < -0.39 is 0 Å². The summed E-state index contributed by atoms with van der Waals surface area (Å²) >= 11 is 5.87. The van der Waals surface area contributed by atoms with E-state index in [1.54, 1.807) is 6.07 Å². The van der Waals surface area contributed by atoms with Gasteiger partial charge in [-0.05, 0) is 37.5 Å². The first-order valence-corrected chi connectivity index (χ1v) is 5.21. The minimum Gasteiger partial charge on any atom is -0.506 e. The van der Waals surface area contributed by atoms with Crippen LogP contribution < -0.4 is 5.73 Å². The standard InChI is InChI=1S/C11H16ClNO2/c1-6-5-8(12)11(15)10(7(6)2)9(13)3-4-14/h5,9,14-15H,3-4,13H2,1-2H3. The molecule has 1 aromatic rings. The van der Waals surface area contributed by atoms with Crippen LogP contribution in [0.5, 0.6) is 5.75 Å². The Kier molecular flexibility index (Phi) is 3.97. The van der Waals surface area contributed by atoms with Crippen LogP contribution in [0.25, 0.3) is 0 Å². The lowest BCUT2D eigenvalue weighted by atomic mass is 9.95. The second-order valence-electron chi connectivity index (χ2n) is 3.68. The number of halogens is 1. The van der Waals surface area contributed by atoms with Crippen LogP contribution in [0.15, 0.2) is 6.07 Å². The number of hydrogen-bond donors (Lipinski definition) is 3. The van der Waals surface area contributed by atoms with Gasteiger partial charge in [-0.15, -0.1) is 0 Å². The maximum atomic E-state index is 9.81. The highest BCUT2D eigenvalue weighted by molar-refractivity contribution is 6.32. The summed E-state index contributed by atoms with van der Waals surface area (Å²) in [5.41, 5.74) is 8.42. The number of hydrogen-bond acceptors (Lipinski definition) is 3. The maximum absolute atomic E-state index is 9.81. The number of aryl methyl sites for hydroxylation is 1. The quantitative estimate of drug-likeness (QED) is 0.743. The smallest absolute Gasteiger partial charge is 0.139 e. The van der Waals surface area contributed by atoms with E-state index in [0.717, 1.165) is 11.1 Å². The maximum Gasteiger partial charge on any atom is 0.139 e. The van der Waals surface area contributed by atoms with Gasteiger partial charge in [0, 0.05) is 18.2 Å². The molecule has 0 aliphatic carbocycles. The van der Waals surface area contributed by atoms with E-state index in [2.05, 4.69) is 0 Å². The minimum absolute atomic E-state index is 0.00833. The van der Waals surface area contributed by atoms with Crippen molar-refractivity contribution in [3.63, 3.8) is 0 Å². The molecule has 0 radical (unpaired) electrons. The van der Waals surface area contributed by atoms with Gasteiger partial charge < -0.3 is 15.9 Å². The van der Waals surface area contributed by atoms with Gasteiger partial charge in [0.15, 0.2) is 0 Å². The molecule has 4 heteroatoms. The van der Waals surface area contributed by atoms with Crippen LogP contribution in [-0.2, 0) is 0 Å². The lowest BCUT2D eigenvalue weighted by Crippen LogP contribution is -2.14. The largest absolute Gasteiger partial charge is 0.506 e. The SMILES string of the molecule is Cc1cc(Cl)c(O)c(C(N)CCO)c1C. The number of rotatable bonds is 3. The molecule has 0 heterocycles. The highest BCUT2D eigenvalue weighted by Crippen LogP contribution is 2.36. The van der Waals surface area contributed by atoms with E-state index >= 15 is 0 Å². The number of aliphatic hydroxyl groups excluding tert-OH is 1. The van der Waals surface area contributed by atoms with Crippen molar-refractivity contribution in [3.05, 3.63) is 27.8 Å². The molecular weight excluding hydrogens is 214 g/mol. The molecule has 84 valence electrons. The van der Waals surface area contributed by atoms with Gasteiger partial charge in [-0.1, -0.05) is 11.6 Å². The summed E-state index contributed by atoms with van der Waals surface area (Å²) in [7, 11) is 0. The molecule has 0 saturated heterocycles. The van der Waals surface area contributed by atoms with Crippen LogP contribution in [0.1, 0.15) is 29.2 Å². The molecule has 1 aromatic carbocycles. The van der Waals surface area contributed by atoms with Crippen LogP contribution in [0.2, 0.25) is 5.02 Å². The second kappa shape index (κ2) is 4.84. The third-order valence-electron chi connectivity index (χ3n) is 2.63. The molecule has 3 nitrogen and oxygen atoms in total. The molecule has 0 bridgehead atoms. The first kappa shape index (κ1) is 12.3. The first-order valence-electron chi connectivity index (χ1n) is 4.84. The predicted octanol–water partition coefficient (Wildman–Crippen LogP) is 2.04. The average molecular weight is 230 g/mol. The Morgan fingerprint density at radius 1 is 1.47 bits per heavy atom. The monoisotopic (exact) mass is 229 g/mol. The fourth-order valence-corrected chi connectivity index (χ4v) is 1.89. The molecule has 0 saturated carbocycles. The summed E-state index contributed by atoms with van der Waals surface area (Å²) < 4.78 is 0. The normalized spacial score (nSPS) is 12.9. The van der Waals surface area contributed by atoms with Crippen molar-refractivity contribution in [2.24, 2.45) is 5.73 Å². The highest BCUT2D eigenvalue weighted by atomic mass is 35.5. The molecule has 0 fully saturated rings. The van der Waals surface area contributed by atoms with E-state index in [9.17, 15) is 5.11 Å². The zero-order chi connectivity index (χ0) is 11.6. The number of aromatic hydroxyl groups is 1. The number of nitrogens with two attached hydrogens (primary N) is 1. The van der Waals surface area contributed by atoms with Gasteiger partial charge in [0.2, 0.25) is 0 Å². The molecule has 1 rings (SSSR count). The van der Waals surface area contributed by atoms with Crippen molar-refractivity contribution in [1.29, 1.82) is 0 Å². The van der Waals surface area contributed by atoms with E-state index in [4.69, 9.17) is 22.4 Å². The van der Waals surface area contributed by atoms with E-state index in [1.807, 2.05) is 13.8 Å². The molecular formula is C11H16ClNO2. The Labute approximate surface area is 94.5 Å². The van der Waals surface area contributed by atoms with Gasteiger partial charge in [0.25, 0.3) is 0 Å². The van der Waals surface area contributed by atoms with Crippen LogP contribution in [0.3, 0.4) is 0 Å². The van der Waals surface area contributed by atoms with E-state index in [0.29, 0.717) is 17.0 Å². The highest BCUT2D eigenvalue weighted by Gasteiger charge is 2.17. The summed E-state index contributed by atoms with van der Waals surface area (Å²) in [5, 5.41) is 18.9. The van der Waals surface area contributed by atoms with Crippen molar-refractivity contribution < 1.29 is 10.2 Å². The van der Waals surface area contributed by atoms with Gasteiger partial charge >= 0.3 is 0 Å². The predicted molar refractivity (Wildman–Crippen MR) is 61.2 cm³/mol. The summed E-state index contributed by atoms with van der Waals surface area (Å²) in [6, 6.07) is 1.33. The molecule has 0 amide bonds. The summed E-state index contributed by atoms with van der Waals surface area (Å²) in [6.45, 7) is 3.79. The fraction of sp³-hybridized carbons (Fsp3) is 0.455. The third kappa shape index (κ3) is 2.43. The van der Waals surface area contributed by atoms with Crippen molar-refractivity contribution in [2.45, 2.75) is 26.3 Å². The van der Waals surface area contributed by atoms with Gasteiger partial charge in [-0.2, -0.15) is 0 Å². The van der Waals surface area contributed by atoms with E-state index in [-0.39, 0.29) is 18.4 Å². The van der Waals surface area contributed by atoms with Crippen molar-refractivity contribution in [1.82, 2.24) is 0 Å². The average Bonchev–Trinajstić information content (AvgIpc) is 2.16. The third-order valence-corrected chi connectivity index (χ3v) is 2.92. The Bertz CT molecular complexity index is 340. The van der Waals surface area contributed by atoms with Gasteiger partial charge in [-0.3, -0.25) is 0 Å². The molecule has 15 heavy (non-hydrogen) atoms. The second-order valence-corrected chi connectivity index (χ2v) is 4.09. The van der Waals surface area contributed by atoms with Crippen LogP contribution in [0.4, 0.5) is 0 Å². The summed E-state index contributed by atoms with van der Waals surface area (Å²) in [6.07, 6.45) is 0.411. The zero-order valence-corrected chi connectivity index (χ0v) is 9.67. The van der Waals surface area contributed by atoms with Crippen molar-refractivity contribution >= 4 is 11.6 Å². The number of phenols is 1. The fourth-order valence-electron chi connectivity index (χ4n) is 1.62. The number of phenolic OH excluding ortho intramolecular Hbond substituents is 1. The Morgan fingerprint density at radius 2 is 2.07 bits per heavy atom. The van der Waals surface area contributed by atoms with Gasteiger partial charge in [0.1, 0.15) is 5.75 Å². The molecule has 1 atom stereocenters. The number of benzene rings is 1. The summed E-state index contributed by atoms with van der Waals surface area (Å²) in [4.78, 5) is 0. The molecule has 0 aliphatic heterocycles. The van der Waals surface area contributed by atoms with E-state index in [1.165, 1.54) is 0 Å². The van der Waals surface area contributed by atoms with Crippen LogP contribution in [0, 0.1) is 13.8 Å². The van der Waals surface area contributed by atoms with Crippen LogP contribution >= 0.6 is 11.6 Å². The Morgan fingerprint density at radius 3 is 2.60 bits per heavy atom. The lowest BCUT2D eigenvalue weighted by molar-refractivity contribution is 0.275. The first-order chi connectivity index (χ1) is 6.99. The lowest BCUT2D eigenvalue weighted by Gasteiger charge is -2.18. The molecule has 0 aliphatic rings. The topological polar surface area (TPSA) is 66.5 Å². The summed E-state index contributed by atoms with van der Waals surface area (Å²) in [5.74, 6) is 0.0284. The molecule has 1 unspecified atom stereocenters. The molecule has 0 spiro atoms. The number of aliphatic hydroxyl groups is 1. The van der Waals surface area contributed by atoms with Crippen molar-refractivity contribution in [2.75, 3.05) is 6.61 Å². The molecule has 4 N–H and O–H groups in total. The molecule has 0 aromatic heterocycles. The van der Waals surface area contributed by atoms with Gasteiger partial charge in [-0.25, -0.2) is 0 Å². The zero-order valence-electron chi connectivity index (χ0n) is 8.92. The van der Waals surface area contributed by atoms with Crippen molar-refractivity contribution in [3.8, 4) is 5.75 Å². The van der Waals surface area contributed by atoms with Gasteiger partial charge in [0.05, 0.1) is 5.02 Å². The minimum atomic E-state index is -0.382. The Hall–Kier alpha value is -0.770. The Balaban J connectivity index is 3.26. The van der Waals surface area contributed by atoms with Crippen LogP contribution in [-0.4, -0.2) is 16.8 Å².